The van der Waals surface area contributed by atoms with Gasteiger partial charge in [-0.15, -0.1) is 0 Å². The van der Waals surface area contributed by atoms with Gasteiger partial charge in [0.15, 0.2) is 0 Å². The number of benzene rings is 2. The molecule has 2 rings (SSSR count). The molecule has 0 aliphatic carbocycles. The van der Waals surface area contributed by atoms with Gasteiger partial charge >= 0.3 is 0 Å². The van der Waals surface area contributed by atoms with E-state index in [1.807, 2.05) is 43.3 Å². The second-order valence-electron chi connectivity index (χ2n) is 5.39. The van der Waals surface area contributed by atoms with E-state index >= 15 is 0 Å². The molecule has 0 bridgehead atoms. The van der Waals surface area contributed by atoms with E-state index in [0.717, 1.165) is 34.6 Å². The predicted molar refractivity (Wildman–Crippen MR) is 92.0 cm³/mol. The molecular formula is C20H23NO2. The van der Waals surface area contributed by atoms with Crippen molar-refractivity contribution in [3.05, 3.63) is 59.2 Å². The van der Waals surface area contributed by atoms with Crippen LogP contribution in [-0.4, -0.2) is 13.7 Å². The summed E-state index contributed by atoms with van der Waals surface area (Å²) in [5.41, 5.74) is 3.31. The lowest BCUT2D eigenvalue weighted by Gasteiger charge is -2.14. The van der Waals surface area contributed by atoms with Gasteiger partial charge in [0.2, 0.25) is 0 Å². The second kappa shape index (κ2) is 8.24. The summed E-state index contributed by atoms with van der Waals surface area (Å²) in [7, 11) is 1.68. The average Bonchev–Trinajstić information content (AvgIpc) is 2.60. The molecular weight excluding hydrogens is 286 g/mol. The number of ether oxygens (including phenoxy) is 2. The van der Waals surface area contributed by atoms with Crippen molar-refractivity contribution in [1.29, 1.82) is 5.26 Å². The van der Waals surface area contributed by atoms with E-state index in [2.05, 4.69) is 19.1 Å². The van der Waals surface area contributed by atoms with Crippen LogP contribution in [0.4, 0.5) is 0 Å². The maximum atomic E-state index is 9.56. The molecule has 1 atom stereocenters. The van der Waals surface area contributed by atoms with Crippen molar-refractivity contribution in [2.75, 3.05) is 13.7 Å². The lowest BCUT2D eigenvalue weighted by atomic mass is 9.91. The van der Waals surface area contributed by atoms with Crippen LogP contribution in [0, 0.1) is 11.3 Å². The standard InChI is InChI=1S/C20H23NO2/c1-4-16-13-17(8-11-20(16)22-3)18(14-21)12-15-6-9-19(10-7-15)23-5-2/h6-11,13,18H,4-5,12H2,1-3H3. The van der Waals surface area contributed by atoms with Gasteiger partial charge in [-0.1, -0.05) is 31.2 Å². The smallest absolute Gasteiger partial charge is 0.122 e. The highest BCUT2D eigenvalue weighted by atomic mass is 16.5. The van der Waals surface area contributed by atoms with E-state index in [0.29, 0.717) is 13.0 Å². The van der Waals surface area contributed by atoms with Crippen molar-refractivity contribution >= 4 is 0 Å². The van der Waals surface area contributed by atoms with Crippen LogP contribution in [-0.2, 0) is 12.8 Å². The summed E-state index contributed by atoms with van der Waals surface area (Å²) in [4.78, 5) is 0. The van der Waals surface area contributed by atoms with Crippen molar-refractivity contribution in [2.24, 2.45) is 0 Å². The second-order valence-corrected chi connectivity index (χ2v) is 5.39. The third-order valence-corrected chi connectivity index (χ3v) is 3.92. The van der Waals surface area contributed by atoms with E-state index in [1.165, 1.54) is 0 Å². The van der Waals surface area contributed by atoms with E-state index in [1.54, 1.807) is 7.11 Å². The lowest BCUT2D eigenvalue weighted by Crippen LogP contribution is -2.02. The molecule has 2 aromatic rings. The highest BCUT2D eigenvalue weighted by molar-refractivity contribution is 5.41. The summed E-state index contributed by atoms with van der Waals surface area (Å²) in [6.45, 7) is 4.72. The minimum Gasteiger partial charge on any atom is -0.496 e. The average molecular weight is 309 g/mol. The van der Waals surface area contributed by atoms with Crippen molar-refractivity contribution in [1.82, 2.24) is 0 Å². The number of nitrogens with zero attached hydrogens (tertiary/aromatic N) is 1. The highest BCUT2D eigenvalue weighted by Gasteiger charge is 2.14. The minimum atomic E-state index is -0.163. The molecule has 0 heterocycles. The molecule has 0 amide bonds. The molecule has 0 radical (unpaired) electrons. The molecule has 1 unspecified atom stereocenters. The van der Waals surface area contributed by atoms with Crippen LogP contribution in [0.25, 0.3) is 0 Å². The third-order valence-electron chi connectivity index (χ3n) is 3.92. The van der Waals surface area contributed by atoms with Crippen LogP contribution >= 0.6 is 0 Å². The van der Waals surface area contributed by atoms with Crippen LogP contribution in [0.15, 0.2) is 42.5 Å². The molecule has 0 fully saturated rings. The lowest BCUT2D eigenvalue weighted by molar-refractivity contribution is 0.340. The van der Waals surface area contributed by atoms with E-state index in [9.17, 15) is 5.26 Å². The van der Waals surface area contributed by atoms with Gasteiger partial charge in [-0.25, -0.2) is 0 Å². The first-order valence-corrected chi connectivity index (χ1v) is 8.00. The molecule has 0 saturated heterocycles. The summed E-state index contributed by atoms with van der Waals surface area (Å²) in [6, 6.07) is 16.4. The summed E-state index contributed by atoms with van der Waals surface area (Å²) in [5, 5.41) is 9.56. The van der Waals surface area contributed by atoms with Crippen LogP contribution < -0.4 is 9.47 Å². The Balaban J connectivity index is 2.18. The monoisotopic (exact) mass is 309 g/mol. The van der Waals surface area contributed by atoms with Crippen molar-refractivity contribution < 1.29 is 9.47 Å². The number of aryl methyl sites for hydroxylation is 1. The van der Waals surface area contributed by atoms with Crippen molar-refractivity contribution in [2.45, 2.75) is 32.6 Å². The number of nitriles is 1. The Hall–Kier alpha value is -2.47. The van der Waals surface area contributed by atoms with Crippen LogP contribution in [0.1, 0.15) is 36.5 Å². The van der Waals surface area contributed by atoms with Gasteiger partial charge in [0.1, 0.15) is 11.5 Å². The van der Waals surface area contributed by atoms with Crippen molar-refractivity contribution in [3.8, 4) is 17.6 Å². The van der Waals surface area contributed by atoms with Gasteiger partial charge < -0.3 is 9.47 Å². The van der Waals surface area contributed by atoms with Gasteiger partial charge in [0, 0.05) is 0 Å². The highest BCUT2D eigenvalue weighted by Crippen LogP contribution is 2.27. The largest absolute Gasteiger partial charge is 0.496 e. The molecule has 0 aromatic heterocycles. The normalized spacial score (nSPS) is 11.6. The van der Waals surface area contributed by atoms with Gasteiger partial charge in [-0.05, 0) is 54.7 Å². The van der Waals surface area contributed by atoms with E-state index < -0.39 is 0 Å². The Morgan fingerprint density at radius 2 is 1.83 bits per heavy atom. The zero-order valence-corrected chi connectivity index (χ0v) is 14.0. The zero-order chi connectivity index (χ0) is 16.7. The molecule has 2 aromatic carbocycles. The molecule has 0 N–H and O–H groups in total. The molecule has 23 heavy (non-hydrogen) atoms. The van der Waals surface area contributed by atoms with Gasteiger partial charge in [-0.3, -0.25) is 0 Å². The molecule has 3 heteroatoms. The summed E-state index contributed by atoms with van der Waals surface area (Å²) < 4.78 is 10.8. The maximum absolute atomic E-state index is 9.56. The fraction of sp³-hybridized carbons (Fsp3) is 0.350. The van der Waals surface area contributed by atoms with Gasteiger partial charge in [-0.2, -0.15) is 5.26 Å². The topological polar surface area (TPSA) is 42.2 Å². The minimum absolute atomic E-state index is 0.163. The molecule has 120 valence electrons. The Morgan fingerprint density at radius 3 is 2.39 bits per heavy atom. The first-order chi connectivity index (χ1) is 11.2. The summed E-state index contributed by atoms with van der Waals surface area (Å²) >= 11 is 0. The first kappa shape index (κ1) is 16.9. The number of hydrogen-bond acceptors (Lipinski definition) is 3. The zero-order valence-electron chi connectivity index (χ0n) is 14.0. The van der Waals surface area contributed by atoms with Gasteiger partial charge in [0.05, 0.1) is 25.7 Å². The first-order valence-electron chi connectivity index (χ1n) is 8.00. The van der Waals surface area contributed by atoms with Crippen LogP contribution in [0.3, 0.4) is 0 Å². The van der Waals surface area contributed by atoms with Crippen LogP contribution in [0.5, 0.6) is 11.5 Å². The fourth-order valence-electron chi connectivity index (χ4n) is 2.65. The molecule has 0 saturated carbocycles. The molecule has 0 aliphatic heterocycles. The summed E-state index contributed by atoms with van der Waals surface area (Å²) in [5.74, 6) is 1.58. The molecule has 3 nitrogen and oxygen atoms in total. The quantitative estimate of drug-likeness (QED) is 0.756. The molecule has 0 spiro atoms. The SMILES string of the molecule is CCOc1ccc(CC(C#N)c2ccc(OC)c(CC)c2)cc1. The Labute approximate surface area is 138 Å². The fourth-order valence-corrected chi connectivity index (χ4v) is 2.65. The Morgan fingerprint density at radius 1 is 1.09 bits per heavy atom. The number of hydrogen-bond donors (Lipinski definition) is 0. The van der Waals surface area contributed by atoms with E-state index in [-0.39, 0.29) is 5.92 Å². The number of rotatable bonds is 7. The van der Waals surface area contributed by atoms with E-state index in [4.69, 9.17) is 9.47 Å². The molecule has 0 aliphatic rings. The summed E-state index contributed by atoms with van der Waals surface area (Å²) in [6.07, 6.45) is 1.58. The maximum Gasteiger partial charge on any atom is 0.122 e. The van der Waals surface area contributed by atoms with Gasteiger partial charge in [0.25, 0.3) is 0 Å². The Bertz CT molecular complexity index is 671. The Kier molecular flexibility index (Phi) is 6.05. The predicted octanol–water partition coefficient (Wildman–Crippen LogP) is 4.51. The van der Waals surface area contributed by atoms with Crippen LogP contribution in [0.2, 0.25) is 0 Å². The van der Waals surface area contributed by atoms with Crippen molar-refractivity contribution in [3.63, 3.8) is 0 Å². The third kappa shape index (κ3) is 4.26. The number of methoxy groups -OCH3 is 1.